The lowest BCUT2D eigenvalue weighted by Crippen LogP contribution is -2.39. The summed E-state index contributed by atoms with van der Waals surface area (Å²) in [5.41, 5.74) is 0.523. The molecule has 2 rings (SSSR count). The molecule has 1 saturated heterocycles. The van der Waals surface area contributed by atoms with Gasteiger partial charge in [-0.3, -0.25) is 4.79 Å². The summed E-state index contributed by atoms with van der Waals surface area (Å²) in [6.07, 6.45) is 3.57. The Labute approximate surface area is 162 Å². The van der Waals surface area contributed by atoms with Crippen LogP contribution in [0.3, 0.4) is 0 Å². The standard InChI is InChI=1S/C20H30N2O4S/c1-4-15-26-16-17-11-13-21(14-12-17)20(23)18-7-9-19(10-8-18)27(24,25)22(5-2)6-3/h4,7-10,17H,1,5-6,11-16H2,2-3H3. The minimum absolute atomic E-state index is 0.0488. The largest absolute Gasteiger partial charge is 0.377 e. The zero-order valence-corrected chi connectivity index (χ0v) is 17.1. The molecule has 0 bridgehead atoms. The van der Waals surface area contributed by atoms with E-state index < -0.39 is 10.0 Å². The lowest BCUT2D eigenvalue weighted by molar-refractivity contribution is 0.0575. The molecule has 1 aliphatic rings. The number of hydrogen-bond acceptors (Lipinski definition) is 4. The summed E-state index contributed by atoms with van der Waals surface area (Å²) >= 11 is 0. The number of sulfonamides is 1. The Morgan fingerprint density at radius 3 is 2.33 bits per heavy atom. The number of rotatable bonds is 9. The van der Waals surface area contributed by atoms with E-state index >= 15 is 0 Å². The summed E-state index contributed by atoms with van der Waals surface area (Å²) in [6.45, 7) is 10.7. The normalized spacial score (nSPS) is 15.9. The van der Waals surface area contributed by atoms with Crippen LogP contribution in [0.2, 0.25) is 0 Å². The first-order valence-corrected chi connectivity index (χ1v) is 11.0. The van der Waals surface area contributed by atoms with Crippen LogP contribution < -0.4 is 0 Å². The molecule has 7 heteroatoms. The van der Waals surface area contributed by atoms with Crippen molar-refractivity contribution in [3.05, 3.63) is 42.5 Å². The number of nitrogens with zero attached hydrogens (tertiary/aromatic N) is 2. The zero-order chi connectivity index (χ0) is 19.9. The molecule has 1 aromatic carbocycles. The Morgan fingerprint density at radius 2 is 1.81 bits per heavy atom. The molecule has 150 valence electrons. The van der Waals surface area contributed by atoms with E-state index in [0.717, 1.165) is 12.8 Å². The summed E-state index contributed by atoms with van der Waals surface area (Å²) in [5.74, 6) is 0.419. The van der Waals surface area contributed by atoms with Gasteiger partial charge in [0.15, 0.2) is 0 Å². The van der Waals surface area contributed by atoms with Crippen LogP contribution in [-0.4, -0.2) is 62.9 Å². The van der Waals surface area contributed by atoms with E-state index in [2.05, 4.69) is 6.58 Å². The van der Waals surface area contributed by atoms with E-state index in [1.165, 1.54) is 16.4 Å². The van der Waals surface area contributed by atoms with Gasteiger partial charge in [-0.15, -0.1) is 6.58 Å². The fraction of sp³-hybridized carbons (Fsp3) is 0.550. The van der Waals surface area contributed by atoms with Gasteiger partial charge in [0.05, 0.1) is 11.5 Å². The highest BCUT2D eigenvalue weighted by molar-refractivity contribution is 7.89. The molecule has 0 aliphatic carbocycles. The molecule has 0 radical (unpaired) electrons. The predicted molar refractivity (Wildman–Crippen MR) is 106 cm³/mol. The van der Waals surface area contributed by atoms with Crippen molar-refractivity contribution in [2.45, 2.75) is 31.6 Å². The van der Waals surface area contributed by atoms with Crippen LogP contribution in [-0.2, 0) is 14.8 Å². The third-order valence-corrected chi connectivity index (χ3v) is 7.00. The Balaban J connectivity index is 1.97. The van der Waals surface area contributed by atoms with Crippen LogP contribution in [0.4, 0.5) is 0 Å². The zero-order valence-electron chi connectivity index (χ0n) is 16.3. The second-order valence-electron chi connectivity index (χ2n) is 6.68. The Bertz CT molecular complexity index is 719. The maximum atomic E-state index is 12.7. The van der Waals surface area contributed by atoms with Crippen molar-refractivity contribution < 1.29 is 17.9 Å². The van der Waals surface area contributed by atoms with Crippen LogP contribution in [0.15, 0.2) is 41.8 Å². The highest BCUT2D eigenvalue weighted by Gasteiger charge is 2.25. The molecule has 0 N–H and O–H groups in total. The van der Waals surface area contributed by atoms with Gasteiger partial charge in [0.25, 0.3) is 5.91 Å². The molecule has 6 nitrogen and oxygen atoms in total. The molecular formula is C20H30N2O4S. The lowest BCUT2D eigenvalue weighted by atomic mass is 9.97. The maximum Gasteiger partial charge on any atom is 0.253 e. The van der Waals surface area contributed by atoms with Crippen LogP contribution in [0, 0.1) is 5.92 Å². The van der Waals surface area contributed by atoms with E-state index in [1.807, 2.05) is 18.7 Å². The average Bonchev–Trinajstić information content (AvgIpc) is 2.69. The van der Waals surface area contributed by atoms with Crippen molar-refractivity contribution in [3.8, 4) is 0 Å². The van der Waals surface area contributed by atoms with Gasteiger partial charge in [0.2, 0.25) is 10.0 Å². The van der Waals surface area contributed by atoms with Gasteiger partial charge in [-0.25, -0.2) is 8.42 Å². The highest BCUT2D eigenvalue weighted by Crippen LogP contribution is 2.21. The summed E-state index contributed by atoms with van der Waals surface area (Å²) in [4.78, 5) is 14.7. The van der Waals surface area contributed by atoms with Crippen LogP contribution in [0.5, 0.6) is 0 Å². The molecule has 0 aromatic heterocycles. The van der Waals surface area contributed by atoms with Crippen LogP contribution in [0.25, 0.3) is 0 Å². The first-order chi connectivity index (χ1) is 12.9. The first-order valence-electron chi connectivity index (χ1n) is 9.52. The molecular weight excluding hydrogens is 364 g/mol. The minimum Gasteiger partial charge on any atom is -0.377 e. The SMILES string of the molecule is C=CCOCC1CCN(C(=O)c2ccc(S(=O)(=O)N(CC)CC)cc2)CC1. The van der Waals surface area contributed by atoms with E-state index in [4.69, 9.17) is 4.74 Å². The van der Waals surface area contributed by atoms with Crippen molar-refractivity contribution in [3.63, 3.8) is 0 Å². The molecule has 0 unspecified atom stereocenters. The lowest BCUT2D eigenvalue weighted by Gasteiger charge is -2.32. The van der Waals surface area contributed by atoms with Gasteiger partial charge in [-0.05, 0) is 43.0 Å². The number of likely N-dealkylation sites (tertiary alicyclic amines) is 1. The molecule has 1 heterocycles. The smallest absolute Gasteiger partial charge is 0.253 e. The second kappa shape index (κ2) is 10.0. The molecule has 1 aromatic rings. The third kappa shape index (κ3) is 5.40. The number of benzene rings is 1. The molecule has 1 aliphatic heterocycles. The molecule has 0 saturated carbocycles. The fourth-order valence-corrected chi connectivity index (χ4v) is 4.74. The van der Waals surface area contributed by atoms with Crippen molar-refractivity contribution in [1.82, 2.24) is 9.21 Å². The summed E-state index contributed by atoms with van der Waals surface area (Å²) in [7, 11) is -3.50. The quantitative estimate of drug-likeness (QED) is 0.477. The van der Waals surface area contributed by atoms with Crippen molar-refractivity contribution >= 4 is 15.9 Å². The molecule has 27 heavy (non-hydrogen) atoms. The Hall–Kier alpha value is -1.70. The van der Waals surface area contributed by atoms with Crippen molar-refractivity contribution in [1.29, 1.82) is 0 Å². The molecule has 1 fully saturated rings. The highest BCUT2D eigenvalue weighted by atomic mass is 32.2. The molecule has 1 amide bonds. The van der Waals surface area contributed by atoms with Gasteiger partial charge in [-0.2, -0.15) is 4.31 Å². The van der Waals surface area contributed by atoms with E-state index in [-0.39, 0.29) is 10.8 Å². The van der Waals surface area contributed by atoms with Gasteiger partial charge in [0.1, 0.15) is 0 Å². The van der Waals surface area contributed by atoms with Gasteiger partial charge in [-0.1, -0.05) is 19.9 Å². The summed E-state index contributed by atoms with van der Waals surface area (Å²) < 4.78 is 32.0. The summed E-state index contributed by atoms with van der Waals surface area (Å²) in [6, 6.07) is 6.27. The van der Waals surface area contributed by atoms with Crippen LogP contribution in [0.1, 0.15) is 37.0 Å². The topological polar surface area (TPSA) is 66.9 Å². The number of ether oxygens (including phenoxy) is 1. The Morgan fingerprint density at radius 1 is 1.22 bits per heavy atom. The third-order valence-electron chi connectivity index (χ3n) is 4.94. The van der Waals surface area contributed by atoms with Crippen molar-refractivity contribution in [2.24, 2.45) is 5.92 Å². The molecule has 0 atom stereocenters. The van der Waals surface area contributed by atoms with Crippen molar-refractivity contribution in [2.75, 3.05) is 39.4 Å². The average molecular weight is 395 g/mol. The van der Waals surface area contributed by atoms with E-state index in [1.54, 1.807) is 18.2 Å². The first kappa shape index (κ1) is 21.6. The predicted octanol–water partition coefficient (Wildman–Crippen LogP) is 2.77. The number of carbonyl (C=O) groups is 1. The maximum absolute atomic E-state index is 12.7. The number of piperidine rings is 1. The number of carbonyl (C=O) groups excluding carboxylic acids is 1. The second-order valence-corrected chi connectivity index (χ2v) is 8.61. The Kier molecular flexibility index (Phi) is 8.01. The van der Waals surface area contributed by atoms with Gasteiger partial charge in [0, 0.05) is 38.3 Å². The monoisotopic (exact) mass is 394 g/mol. The number of hydrogen-bond donors (Lipinski definition) is 0. The molecule has 0 spiro atoms. The van der Waals surface area contributed by atoms with E-state index in [9.17, 15) is 13.2 Å². The minimum atomic E-state index is -3.50. The van der Waals surface area contributed by atoms with Gasteiger partial charge < -0.3 is 9.64 Å². The summed E-state index contributed by atoms with van der Waals surface area (Å²) in [5, 5.41) is 0. The van der Waals surface area contributed by atoms with Crippen LogP contribution >= 0.6 is 0 Å². The number of amides is 1. The van der Waals surface area contributed by atoms with Gasteiger partial charge >= 0.3 is 0 Å². The fourth-order valence-electron chi connectivity index (χ4n) is 3.29. The van der Waals surface area contributed by atoms with E-state index in [0.29, 0.717) is 50.9 Å².